The monoisotopic (exact) mass is 235 g/mol. The van der Waals surface area contributed by atoms with E-state index in [0.717, 1.165) is 25.2 Å². The quantitative estimate of drug-likeness (QED) is 0.806. The summed E-state index contributed by atoms with van der Waals surface area (Å²) in [6, 6.07) is 6.58. The van der Waals surface area contributed by atoms with Crippen LogP contribution in [0.1, 0.15) is 19.0 Å². The van der Waals surface area contributed by atoms with Crippen LogP contribution >= 0.6 is 0 Å². The Balaban J connectivity index is 1.87. The molecule has 2 N–H and O–H groups in total. The minimum atomic E-state index is -0.292. The fraction of sp³-hybridized carbons (Fsp3) is 0.615. The lowest BCUT2D eigenvalue weighted by Gasteiger charge is -2.39. The maximum atomic E-state index is 10.0. The summed E-state index contributed by atoms with van der Waals surface area (Å²) < 4.78 is 0. The van der Waals surface area contributed by atoms with Crippen molar-refractivity contribution in [2.75, 3.05) is 13.6 Å². The van der Waals surface area contributed by atoms with Gasteiger partial charge in [0.1, 0.15) is 0 Å². The number of aromatic nitrogens is 1. The highest BCUT2D eigenvalue weighted by molar-refractivity contribution is 5.03. The molecule has 0 aromatic carbocycles. The number of likely N-dealkylation sites (tertiary alicyclic amines) is 1. The third kappa shape index (κ3) is 3.25. The molecule has 4 nitrogen and oxygen atoms in total. The van der Waals surface area contributed by atoms with E-state index in [1.807, 2.05) is 18.2 Å². The minimum Gasteiger partial charge on any atom is -0.390 e. The van der Waals surface area contributed by atoms with Crippen molar-refractivity contribution in [3.8, 4) is 0 Å². The molecule has 1 saturated heterocycles. The molecule has 94 valence electrons. The van der Waals surface area contributed by atoms with Gasteiger partial charge in [0.25, 0.3) is 0 Å². The Kier molecular flexibility index (Phi) is 4.10. The first-order chi connectivity index (χ1) is 8.16. The van der Waals surface area contributed by atoms with Crippen LogP contribution in [-0.4, -0.2) is 46.8 Å². The van der Waals surface area contributed by atoms with Crippen LogP contribution in [0, 0.1) is 0 Å². The molecule has 4 heteroatoms. The number of nitrogens with zero attached hydrogens (tertiary/aromatic N) is 2. The molecule has 1 fully saturated rings. The molecule has 2 rings (SSSR count). The maximum Gasteiger partial charge on any atom is 0.0820 e. The Labute approximate surface area is 103 Å². The number of aliphatic hydroxyl groups excluding tert-OH is 1. The standard InChI is InChI=1S/C13H21N3O/c1-10-7-12(13(17)9-16(10)2)15-8-11-5-3-4-6-14-11/h3-6,10,12-13,15,17H,7-9H2,1-2H3. The first-order valence-corrected chi connectivity index (χ1v) is 6.18. The highest BCUT2D eigenvalue weighted by Crippen LogP contribution is 2.16. The lowest BCUT2D eigenvalue weighted by atomic mass is 9.96. The number of pyridine rings is 1. The largest absolute Gasteiger partial charge is 0.390 e. The lowest BCUT2D eigenvalue weighted by Crippen LogP contribution is -2.54. The van der Waals surface area contributed by atoms with Gasteiger partial charge >= 0.3 is 0 Å². The second-order valence-electron chi connectivity index (χ2n) is 4.90. The van der Waals surface area contributed by atoms with Crippen LogP contribution in [0.3, 0.4) is 0 Å². The maximum absolute atomic E-state index is 10.0. The highest BCUT2D eigenvalue weighted by Gasteiger charge is 2.29. The molecule has 0 amide bonds. The Hall–Kier alpha value is -0.970. The molecule has 2 heterocycles. The van der Waals surface area contributed by atoms with Gasteiger partial charge in [-0.25, -0.2) is 0 Å². The van der Waals surface area contributed by atoms with Gasteiger partial charge in [0.2, 0.25) is 0 Å². The molecule has 1 aliphatic rings. The van der Waals surface area contributed by atoms with E-state index >= 15 is 0 Å². The van der Waals surface area contributed by atoms with Gasteiger partial charge in [-0.1, -0.05) is 6.07 Å². The zero-order valence-corrected chi connectivity index (χ0v) is 10.5. The van der Waals surface area contributed by atoms with E-state index in [0.29, 0.717) is 6.04 Å². The zero-order valence-electron chi connectivity index (χ0n) is 10.5. The van der Waals surface area contributed by atoms with Crippen molar-refractivity contribution in [3.63, 3.8) is 0 Å². The van der Waals surface area contributed by atoms with Crippen LogP contribution in [0.2, 0.25) is 0 Å². The van der Waals surface area contributed by atoms with Gasteiger partial charge in [-0.05, 0) is 32.5 Å². The Morgan fingerprint density at radius 1 is 1.53 bits per heavy atom. The Morgan fingerprint density at radius 3 is 3.06 bits per heavy atom. The van der Waals surface area contributed by atoms with Crippen molar-refractivity contribution in [2.24, 2.45) is 0 Å². The van der Waals surface area contributed by atoms with Crippen LogP contribution in [0.5, 0.6) is 0 Å². The SMILES string of the molecule is CC1CC(NCc2ccccn2)C(O)CN1C. The molecule has 17 heavy (non-hydrogen) atoms. The highest BCUT2D eigenvalue weighted by atomic mass is 16.3. The number of hydrogen-bond donors (Lipinski definition) is 2. The summed E-state index contributed by atoms with van der Waals surface area (Å²) in [6.07, 6.45) is 2.48. The molecule has 0 radical (unpaired) electrons. The van der Waals surface area contributed by atoms with Crippen molar-refractivity contribution < 1.29 is 5.11 Å². The molecule has 0 aliphatic carbocycles. The Bertz CT molecular complexity index is 344. The van der Waals surface area contributed by atoms with Gasteiger partial charge in [-0.3, -0.25) is 4.98 Å². The molecule has 3 atom stereocenters. The normalized spacial score (nSPS) is 30.4. The second-order valence-corrected chi connectivity index (χ2v) is 4.90. The van der Waals surface area contributed by atoms with Crippen molar-refractivity contribution in [1.82, 2.24) is 15.2 Å². The van der Waals surface area contributed by atoms with Crippen LogP contribution < -0.4 is 5.32 Å². The smallest absolute Gasteiger partial charge is 0.0820 e. The summed E-state index contributed by atoms with van der Waals surface area (Å²) in [5, 5.41) is 13.4. The number of nitrogens with one attached hydrogen (secondary N) is 1. The summed E-state index contributed by atoms with van der Waals surface area (Å²) in [4.78, 5) is 6.47. The minimum absolute atomic E-state index is 0.170. The van der Waals surface area contributed by atoms with E-state index in [9.17, 15) is 5.11 Å². The third-order valence-electron chi connectivity index (χ3n) is 3.56. The van der Waals surface area contributed by atoms with E-state index in [1.54, 1.807) is 6.20 Å². The predicted molar refractivity (Wildman–Crippen MR) is 67.6 cm³/mol. The van der Waals surface area contributed by atoms with Crippen molar-refractivity contribution in [2.45, 2.75) is 38.1 Å². The van der Waals surface area contributed by atoms with Gasteiger partial charge in [0.05, 0.1) is 11.8 Å². The molecule has 0 spiro atoms. The average Bonchev–Trinajstić information content (AvgIpc) is 2.33. The van der Waals surface area contributed by atoms with Crippen molar-refractivity contribution in [3.05, 3.63) is 30.1 Å². The summed E-state index contributed by atoms with van der Waals surface area (Å²) in [7, 11) is 2.06. The van der Waals surface area contributed by atoms with Crippen molar-refractivity contribution in [1.29, 1.82) is 0 Å². The van der Waals surface area contributed by atoms with Crippen molar-refractivity contribution >= 4 is 0 Å². The van der Waals surface area contributed by atoms with E-state index < -0.39 is 0 Å². The van der Waals surface area contributed by atoms with Gasteiger partial charge in [0, 0.05) is 31.4 Å². The molecular weight excluding hydrogens is 214 g/mol. The topological polar surface area (TPSA) is 48.4 Å². The number of aliphatic hydroxyl groups is 1. The third-order valence-corrected chi connectivity index (χ3v) is 3.56. The summed E-state index contributed by atoms with van der Waals surface area (Å²) >= 11 is 0. The second kappa shape index (κ2) is 5.58. The fourth-order valence-corrected chi connectivity index (χ4v) is 2.26. The molecule has 0 bridgehead atoms. The van der Waals surface area contributed by atoms with E-state index in [1.165, 1.54) is 0 Å². The first-order valence-electron chi connectivity index (χ1n) is 6.18. The number of likely N-dealkylation sites (N-methyl/N-ethyl adjacent to an activating group) is 1. The van der Waals surface area contributed by atoms with Gasteiger partial charge in [0.15, 0.2) is 0 Å². The molecule has 1 aliphatic heterocycles. The first kappa shape index (κ1) is 12.5. The number of rotatable bonds is 3. The van der Waals surface area contributed by atoms with Crippen LogP contribution in [0.25, 0.3) is 0 Å². The fourth-order valence-electron chi connectivity index (χ4n) is 2.26. The summed E-state index contributed by atoms with van der Waals surface area (Å²) in [6.45, 7) is 3.65. The van der Waals surface area contributed by atoms with Crippen LogP contribution in [-0.2, 0) is 6.54 Å². The molecule has 0 saturated carbocycles. The van der Waals surface area contributed by atoms with Crippen LogP contribution in [0.15, 0.2) is 24.4 Å². The Morgan fingerprint density at radius 2 is 2.35 bits per heavy atom. The summed E-state index contributed by atoms with van der Waals surface area (Å²) in [5.74, 6) is 0. The van der Waals surface area contributed by atoms with E-state index in [-0.39, 0.29) is 12.1 Å². The number of hydrogen-bond acceptors (Lipinski definition) is 4. The van der Waals surface area contributed by atoms with Gasteiger partial charge < -0.3 is 15.3 Å². The predicted octanol–water partition coefficient (Wildman–Crippen LogP) is 0.625. The number of β-amino-alcohol motifs (C(OH)–C–C–N with tert-alkyl or cyclic N) is 1. The number of piperidine rings is 1. The summed E-state index contributed by atoms with van der Waals surface area (Å²) in [5.41, 5.74) is 1.02. The average molecular weight is 235 g/mol. The molecular formula is C13H21N3O. The molecule has 1 aromatic rings. The van der Waals surface area contributed by atoms with E-state index in [4.69, 9.17) is 0 Å². The van der Waals surface area contributed by atoms with Crippen LogP contribution in [0.4, 0.5) is 0 Å². The lowest BCUT2D eigenvalue weighted by molar-refractivity contribution is 0.0260. The zero-order chi connectivity index (χ0) is 12.3. The van der Waals surface area contributed by atoms with Gasteiger partial charge in [-0.15, -0.1) is 0 Å². The molecule has 3 unspecified atom stereocenters. The van der Waals surface area contributed by atoms with E-state index in [2.05, 4.69) is 29.2 Å². The van der Waals surface area contributed by atoms with Gasteiger partial charge in [-0.2, -0.15) is 0 Å². The molecule has 1 aromatic heterocycles.